The average Bonchev–Trinajstić information content (AvgIpc) is 3.48. The maximum atomic E-state index is 11.7. The van der Waals surface area contributed by atoms with E-state index in [1.165, 1.54) is 0 Å². The van der Waals surface area contributed by atoms with E-state index in [0.29, 0.717) is 30.1 Å². The van der Waals surface area contributed by atoms with Crippen LogP contribution in [0, 0.1) is 11.8 Å². The fourth-order valence-corrected chi connectivity index (χ4v) is 3.32. The van der Waals surface area contributed by atoms with Gasteiger partial charge < -0.3 is 14.2 Å². The van der Waals surface area contributed by atoms with Crippen LogP contribution in [0.2, 0.25) is 0 Å². The Morgan fingerprint density at radius 3 is 2.38 bits per heavy atom. The van der Waals surface area contributed by atoms with E-state index < -0.39 is 6.10 Å². The van der Waals surface area contributed by atoms with Crippen molar-refractivity contribution in [2.24, 2.45) is 0 Å². The molecule has 4 rings (SSSR count). The third-order valence-electron chi connectivity index (χ3n) is 5.06. The number of carbonyl (C=O) groups excluding carboxylic acids is 1. The molecule has 32 heavy (non-hydrogen) atoms. The lowest BCUT2D eigenvalue weighted by atomic mass is 10.1. The molecule has 2 aromatic heterocycles. The van der Waals surface area contributed by atoms with Crippen molar-refractivity contribution in [2.45, 2.75) is 32.9 Å². The summed E-state index contributed by atoms with van der Waals surface area (Å²) in [7, 11) is 0. The number of aliphatic hydroxyl groups is 1. The lowest BCUT2D eigenvalue weighted by Gasteiger charge is -2.07. The Hall–Kier alpha value is -3.95. The molecular formula is C26H23N3O3. The standard InChI is InChI=1S/C26H23N3O3/c1-3-24(31)21-10-6-19(7-11-21)4-5-20-8-12-22(13-9-20)25-16-23(28-32-25)17-29-15-14-27-26(29)18(2)30/h6-16,18,30H,3,17H2,1-2H3/t18-/m0/s1. The van der Waals surface area contributed by atoms with Crippen molar-refractivity contribution in [2.75, 3.05) is 0 Å². The van der Waals surface area contributed by atoms with E-state index in [-0.39, 0.29) is 5.78 Å². The minimum atomic E-state index is -0.651. The monoisotopic (exact) mass is 425 g/mol. The predicted molar refractivity (Wildman–Crippen MR) is 121 cm³/mol. The summed E-state index contributed by atoms with van der Waals surface area (Å²) in [5.74, 6) is 7.64. The third kappa shape index (κ3) is 4.85. The summed E-state index contributed by atoms with van der Waals surface area (Å²) >= 11 is 0. The molecule has 0 saturated carbocycles. The maximum absolute atomic E-state index is 11.7. The molecule has 1 atom stereocenters. The summed E-state index contributed by atoms with van der Waals surface area (Å²) in [5, 5.41) is 13.9. The van der Waals surface area contributed by atoms with Crippen LogP contribution in [0.5, 0.6) is 0 Å². The second-order valence-electron chi connectivity index (χ2n) is 7.45. The number of hydrogen-bond donors (Lipinski definition) is 1. The molecular weight excluding hydrogens is 402 g/mol. The van der Waals surface area contributed by atoms with E-state index in [1.807, 2.05) is 66.1 Å². The third-order valence-corrected chi connectivity index (χ3v) is 5.06. The van der Waals surface area contributed by atoms with Gasteiger partial charge in [-0.3, -0.25) is 4.79 Å². The first-order valence-corrected chi connectivity index (χ1v) is 10.4. The molecule has 6 heteroatoms. The molecule has 0 amide bonds. The molecule has 2 aromatic carbocycles. The van der Waals surface area contributed by atoms with Gasteiger partial charge in [-0.1, -0.05) is 36.1 Å². The van der Waals surface area contributed by atoms with Crippen molar-refractivity contribution >= 4 is 5.78 Å². The van der Waals surface area contributed by atoms with Crippen LogP contribution in [0.4, 0.5) is 0 Å². The Kier molecular flexibility index (Phi) is 6.29. The van der Waals surface area contributed by atoms with Gasteiger partial charge in [0.05, 0.1) is 6.54 Å². The SMILES string of the molecule is CCC(=O)c1ccc(C#Cc2ccc(-c3cc(Cn4ccnc4[C@H](C)O)no3)cc2)cc1. The van der Waals surface area contributed by atoms with Gasteiger partial charge in [0.25, 0.3) is 0 Å². The highest BCUT2D eigenvalue weighted by Gasteiger charge is 2.12. The molecule has 0 radical (unpaired) electrons. The lowest BCUT2D eigenvalue weighted by molar-refractivity contribution is 0.0988. The van der Waals surface area contributed by atoms with Crippen molar-refractivity contribution < 1.29 is 14.4 Å². The van der Waals surface area contributed by atoms with Crippen LogP contribution in [-0.4, -0.2) is 25.6 Å². The number of Topliss-reactive ketones (excluding diaryl/α,β-unsaturated/α-hetero) is 1. The highest BCUT2D eigenvalue weighted by atomic mass is 16.5. The topological polar surface area (TPSA) is 81.2 Å². The van der Waals surface area contributed by atoms with Crippen LogP contribution in [0.15, 0.2) is 71.5 Å². The van der Waals surface area contributed by atoms with E-state index in [4.69, 9.17) is 4.52 Å². The van der Waals surface area contributed by atoms with Gasteiger partial charge in [0.15, 0.2) is 11.5 Å². The van der Waals surface area contributed by atoms with Crippen LogP contribution in [0.25, 0.3) is 11.3 Å². The molecule has 0 saturated heterocycles. The number of hydrogen-bond acceptors (Lipinski definition) is 5. The summed E-state index contributed by atoms with van der Waals surface area (Å²) in [4.78, 5) is 15.9. The summed E-state index contributed by atoms with van der Waals surface area (Å²) in [6.45, 7) is 4.00. The largest absolute Gasteiger partial charge is 0.385 e. The molecule has 0 spiro atoms. The number of aliphatic hydroxyl groups excluding tert-OH is 1. The Labute approximate surface area is 186 Å². The van der Waals surface area contributed by atoms with Crippen LogP contribution < -0.4 is 0 Å². The van der Waals surface area contributed by atoms with E-state index in [9.17, 15) is 9.90 Å². The van der Waals surface area contributed by atoms with E-state index in [2.05, 4.69) is 22.0 Å². The summed E-state index contributed by atoms with van der Waals surface area (Å²) in [6, 6.07) is 17.0. The number of carbonyl (C=O) groups is 1. The number of nitrogens with zero attached hydrogens (tertiary/aromatic N) is 3. The molecule has 1 N–H and O–H groups in total. The summed E-state index contributed by atoms with van der Waals surface area (Å²) in [6.07, 6.45) is 3.30. The van der Waals surface area contributed by atoms with E-state index in [1.54, 1.807) is 19.3 Å². The zero-order valence-corrected chi connectivity index (χ0v) is 17.9. The van der Waals surface area contributed by atoms with Crippen molar-refractivity contribution in [1.29, 1.82) is 0 Å². The molecule has 0 bridgehead atoms. The number of rotatable bonds is 6. The average molecular weight is 425 g/mol. The zero-order valence-electron chi connectivity index (χ0n) is 17.9. The minimum absolute atomic E-state index is 0.129. The number of ketones is 1. The molecule has 6 nitrogen and oxygen atoms in total. The zero-order chi connectivity index (χ0) is 22.5. The van der Waals surface area contributed by atoms with Crippen molar-refractivity contribution in [3.8, 4) is 23.2 Å². The second kappa shape index (κ2) is 9.46. The normalized spacial score (nSPS) is 11.6. The predicted octanol–water partition coefficient (Wildman–Crippen LogP) is 4.63. The van der Waals surface area contributed by atoms with Gasteiger partial charge in [-0.15, -0.1) is 0 Å². The smallest absolute Gasteiger partial charge is 0.167 e. The van der Waals surface area contributed by atoms with Crippen molar-refractivity contribution in [1.82, 2.24) is 14.7 Å². The number of benzene rings is 2. The molecule has 2 heterocycles. The molecule has 0 aliphatic heterocycles. The van der Waals surface area contributed by atoms with Crippen LogP contribution in [0.1, 0.15) is 59.4 Å². The minimum Gasteiger partial charge on any atom is -0.385 e. The Morgan fingerprint density at radius 2 is 1.75 bits per heavy atom. The lowest BCUT2D eigenvalue weighted by Crippen LogP contribution is -2.07. The van der Waals surface area contributed by atoms with Crippen molar-refractivity contribution in [3.05, 3.63) is 95.2 Å². The Bertz CT molecular complexity index is 1270. The first kappa shape index (κ1) is 21.3. The highest BCUT2D eigenvalue weighted by Crippen LogP contribution is 2.22. The van der Waals surface area contributed by atoms with Gasteiger partial charge in [-0.05, 0) is 43.3 Å². The van der Waals surface area contributed by atoms with Gasteiger partial charge in [0.1, 0.15) is 17.6 Å². The van der Waals surface area contributed by atoms with E-state index >= 15 is 0 Å². The maximum Gasteiger partial charge on any atom is 0.167 e. The first-order valence-electron chi connectivity index (χ1n) is 10.4. The van der Waals surface area contributed by atoms with Gasteiger partial charge >= 0.3 is 0 Å². The molecule has 0 aliphatic carbocycles. The van der Waals surface area contributed by atoms with Crippen LogP contribution in [-0.2, 0) is 6.54 Å². The first-order chi connectivity index (χ1) is 15.5. The van der Waals surface area contributed by atoms with Gasteiger partial charge in [-0.2, -0.15) is 0 Å². The van der Waals surface area contributed by atoms with E-state index in [0.717, 1.165) is 22.4 Å². The van der Waals surface area contributed by atoms with Gasteiger partial charge in [-0.25, -0.2) is 4.98 Å². The molecule has 0 unspecified atom stereocenters. The Morgan fingerprint density at radius 1 is 1.09 bits per heavy atom. The second-order valence-corrected chi connectivity index (χ2v) is 7.45. The summed E-state index contributed by atoms with van der Waals surface area (Å²) < 4.78 is 7.34. The quantitative estimate of drug-likeness (QED) is 0.360. The Balaban J connectivity index is 1.44. The number of imidazole rings is 1. The van der Waals surface area contributed by atoms with Gasteiger partial charge in [0.2, 0.25) is 0 Å². The molecule has 0 aliphatic rings. The molecule has 160 valence electrons. The fraction of sp³-hybridized carbons (Fsp3) is 0.192. The molecule has 4 aromatic rings. The van der Waals surface area contributed by atoms with Crippen LogP contribution in [0.3, 0.4) is 0 Å². The van der Waals surface area contributed by atoms with Crippen molar-refractivity contribution in [3.63, 3.8) is 0 Å². The number of aromatic nitrogens is 3. The van der Waals surface area contributed by atoms with Gasteiger partial charge in [0, 0.05) is 47.1 Å². The summed E-state index contributed by atoms with van der Waals surface area (Å²) in [5.41, 5.74) is 4.09. The fourth-order valence-electron chi connectivity index (χ4n) is 3.32. The molecule has 0 fully saturated rings. The van der Waals surface area contributed by atoms with Crippen LogP contribution >= 0.6 is 0 Å². The highest BCUT2D eigenvalue weighted by molar-refractivity contribution is 5.95.